The van der Waals surface area contributed by atoms with E-state index in [0.717, 1.165) is 5.39 Å². The van der Waals surface area contributed by atoms with E-state index in [1.54, 1.807) is 6.07 Å². The van der Waals surface area contributed by atoms with Crippen LogP contribution in [0.5, 0.6) is 5.75 Å². The van der Waals surface area contributed by atoms with Gasteiger partial charge in [0.25, 0.3) is 5.58 Å². The minimum atomic E-state index is 0.0752. The van der Waals surface area contributed by atoms with Crippen LogP contribution < -0.4 is 0 Å². The van der Waals surface area contributed by atoms with Crippen LogP contribution in [0.15, 0.2) is 33.4 Å². The molecule has 0 saturated heterocycles. The summed E-state index contributed by atoms with van der Waals surface area (Å²) in [6.45, 7) is 0. The standard InChI is InChI=1S/C10H5ClO3/c11-7-5-3-1-2-4-6(5)8(12)10-9(7)13-14-10/h1-4,12H. The SMILES string of the molecule is Oc1c2ccccc2c(Cl)c2ooc12. The van der Waals surface area contributed by atoms with Crippen molar-refractivity contribution in [1.82, 2.24) is 0 Å². The van der Waals surface area contributed by atoms with Gasteiger partial charge in [0.05, 0.1) is 0 Å². The van der Waals surface area contributed by atoms with Crippen molar-refractivity contribution in [3.8, 4) is 5.75 Å². The summed E-state index contributed by atoms with van der Waals surface area (Å²) in [7, 11) is 0. The summed E-state index contributed by atoms with van der Waals surface area (Å²) < 4.78 is 9.37. The second-order valence-electron chi connectivity index (χ2n) is 3.03. The quantitative estimate of drug-likeness (QED) is 0.575. The van der Waals surface area contributed by atoms with Gasteiger partial charge >= 0.3 is 0 Å². The van der Waals surface area contributed by atoms with Gasteiger partial charge in [-0.2, -0.15) is 0 Å². The van der Waals surface area contributed by atoms with E-state index in [1.807, 2.05) is 18.2 Å². The van der Waals surface area contributed by atoms with Crippen LogP contribution in [0, 0.1) is 0 Å². The molecule has 0 radical (unpaired) electrons. The summed E-state index contributed by atoms with van der Waals surface area (Å²) in [5.74, 6) is 0.0752. The van der Waals surface area contributed by atoms with Crippen molar-refractivity contribution in [3.63, 3.8) is 0 Å². The summed E-state index contributed by atoms with van der Waals surface area (Å²) in [5.41, 5.74) is 0.719. The van der Waals surface area contributed by atoms with Crippen molar-refractivity contribution < 1.29 is 14.3 Å². The first kappa shape index (κ1) is 7.76. The van der Waals surface area contributed by atoms with Crippen LogP contribution >= 0.6 is 11.6 Å². The van der Waals surface area contributed by atoms with Crippen molar-refractivity contribution in [3.05, 3.63) is 29.3 Å². The Kier molecular flexibility index (Phi) is 1.36. The van der Waals surface area contributed by atoms with Gasteiger partial charge in [0, 0.05) is 10.8 Å². The first-order chi connectivity index (χ1) is 6.79. The first-order valence-corrected chi connectivity index (χ1v) is 4.44. The molecule has 70 valence electrons. The van der Waals surface area contributed by atoms with Crippen molar-refractivity contribution in [2.45, 2.75) is 0 Å². The van der Waals surface area contributed by atoms with Crippen LogP contribution in [0.3, 0.4) is 0 Å². The predicted octanol–water partition coefficient (Wildman–Crippen LogP) is 3.54. The summed E-state index contributed by atoms with van der Waals surface area (Å²) in [4.78, 5) is 0. The van der Waals surface area contributed by atoms with Crippen LogP contribution in [-0.4, -0.2) is 5.11 Å². The normalized spacial score (nSPS) is 11.5. The lowest BCUT2D eigenvalue weighted by atomic mass is 10.1. The molecule has 3 nitrogen and oxygen atoms in total. The fraction of sp³-hybridized carbons (Fsp3) is 0. The molecule has 0 aliphatic rings. The molecule has 1 N–H and O–H groups in total. The maximum absolute atomic E-state index is 9.75. The second kappa shape index (κ2) is 2.45. The molecule has 0 atom stereocenters. The zero-order valence-electron chi connectivity index (χ0n) is 6.95. The predicted molar refractivity (Wildman–Crippen MR) is 52.7 cm³/mol. The summed E-state index contributed by atoms with van der Waals surface area (Å²) in [5, 5.41) is 11.6. The highest BCUT2D eigenvalue weighted by molar-refractivity contribution is 6.40. The van der Waals surface area contributed by atoms with Crippen molar-refractivity contribution >= 4 is 33.5 Å². The number of hydrogen-bond donors (Lipinski definition) is 1. The van der Waals surface area contributed by atoms with Crippen molar-refractivity contribution in [2.75, 3.05) is 0 Å². The average Bonchev–Trinajstić information content (AvgIpc) is 2.14. The number of hydrogen-bond acceptors (Lipinski definition) is 3. The third-order valence-electron chi connectivity index (χ3n) is 2.25. The van der Waals surface area contributed by atoms with Crippen LogP contribution in [0.2, 0.25) is 5.02 Å². The highest BCUT2D eigenvalue weighted by atomic mass is 35.5. The third kappa shape index (κ3) is 0.775. The molecular weight excluding hydrogens is 204 g/mol. The zero-order chi connectivity index (χ0) is 9.71. The van der Waals surface area contributed by atoms with Crippen molar-refractivity contribution in [1.29, 1.82) is 0 Å². The lowest BCUT2D eigenvalue weighted by molar-refractivity contribution is 0.0570. The smallest absolute Gasteiger partial charge is 0.269 e. The largest absolute Gasteiger partial charge is 0.504 e. The molecule has 0 spiro atoms. The van der Waals surface area contributed by atoms with Gasteiger partial charge in [-0.25, -0.2) is 0 Å². The molecule has 2 aromatic carbocycles. The fourth-order valence-corrected chi connectivity index (χ4v) is 1.82. The van der Waals surface area contributed by atoms with Crippen molar-refractivity contribution in [2.24, 2.45) is 0 Å². The van der Waals surface area contributed by atoms with E-state index in [0.29, 0.717) is 21.6 Å². The van der Waals surface area contributed by atoms with E-state index < -0.39 is 0 Å². The number of benzene rings is 2. The molecule has 0 saturated carbocycles. The van der Waals surface area contributed by atoms with Gasteiger partial charge in [0.1, 0.15) is 5.02 Å². The van der Waals surface area contributed by atoms with E-state index in [-0.39, 0.29) is 5.75 Å². The summed E-state index contributed by atoms with van der Waals surface area (Å²) in [6, 6.07) is 7.27. The highest BCUT2D eigenvalue weighted by Crippen LogP contribution is 2.41. The zero-order valence-corrected chi connectivity index (χ0v) is 7.71. The molecule has 0 bridgehead atoms. The molecule has 4 heteroatoms. The van der Waals surface area contributed by atoms with E-state index >= 15 is 0 Å². The van der Waals surface area contributed by atoms with E-state index in [4.69, 9.17) is 16.2 Å². The van der Waals surface area contributed by atoms with Crippen LogP contribution in [0.4, 0.5) is 0 Å². The molecule has 1 aromatic heterocycles. The number of rotatable bonds is 0. The summed E-state index contributed by atoms with van der Waals surface area (Å²) >= 11 is 6.04. The van der Waals surface area contributed by atoms with Crippen LogP contribution in [-0.2, 0) is 0 Å². The van der Waals surface area contributed by atoms with E-state index in [1.165, 1.54) is 0 Å². The summed E-state index contributed by atoms with van der Waals surface area (Å²) in [6.07, 6.45) is 0. The minimum absolute atomic E-state index is 0.0752. The minimum Gasteiger partial charge on any atom is -0.504 e. The molecule has 0 aliphatic carbocycles. The van der Waals surface area contributed by atoms with Crippen LogP contribution in [0.25, 0.3) is 21.9 Å². The van der Waals surface area contributed by atoms with E-state index in [2.05, 4.69) is 4.58 Å². The molecule has 0 unspecified atom stereocenters. The molecular formula is C10H5ClO3. The number of fused-ring (bicyclic) bond motifs is 2. The molecule has 0 fully saturated rings. The van der Waals surface area contributed by atoms with Crippen LogP contribution in [0.1, 0.15) is 0 Å². The molecule has 3 aromatic rings. The Bertz CT molecular complexity index is 566. The lowest BCUT2D eigenvalue weighted by Crippen LogP contribution is -1.83. The first-order valence-electron chi connectivity index (χ1n) is 4.06. The van der Waals surface area contributed by atoms with Gasteiger partial charge < -0.3 is 5.11 Å². The number of halogens is 1. The van der Waals surface area contributed by atoms with Gasteiger partial charge in [0.2, 0.25) is 5.58 Å². The topological polar surface area (TPSA) is 46.5 Å². The molecule has 0 amide bonds. The lowest BCUT2D eigenvalue weighted by Gasteiger charge is -2.07. The number of aromatic hydroxyl groups is 1. The van der Waals surface area contributed by atoms with E-state index in [9.17, 15) is 5.11 Å². The number of phenolic OH excluding ortho intramolecular Hbond substituents is 1. The van der Waals surface area contributed by atoms with Gasteiger partial charge in [0.15, 0.2) is 5.75 Å². The van der Waals surface area contributed by atoms with Gasteiger partial charge in [-0.05, 0) is 0 Å². The molecule has 14 heavy (non-hydrogen) atoms. The molecule has 0 aliphatic heterocycles. The Balaban J connectivity index is 2.65. The highest BCUT2D eigenvalue weighted by Gasteiger charge is 2.19. The Morgan fingerprint density at radius 2 is 1.64 bits per heavy atom. The Labute approximate surface area is 83.4 Å². The monoisotopic (exact) mass is 208 g/mol. The maximum atomic E-state index is 9.75. The molecule has 1 heterocycles. The van der Waals surface area contributed by atoms with Gasteiger partial charge in [-0.3, -0.25) is 9.15 Å². The Morgan fingerprint density at radius 1 is 1.00 bits per heavy atom. The van der Waals surface area contributed by atoms with Gasteiger partial charge in [-0.15, -0.1) is 0 Å². The Hall–Kier alpha value is -1.61. The Morgan fingerprint density at radius 3 is 2.29 bits per heavy atom. The fourth-order valence-electron chi connectivity index (χ4n) is 1.53. The number of phenols is 1. The average molecular weight is 209 g/mol. The third-order valence-corrected chi connectivity index (χ3v) is 2.62. The molecule has 3 rings (SSSR count). The maximum Gasteiger partial charge on any atom is 0.269 e. The second-order valence-corrected chi connectivity index (χ2v) is 3.41. The van der Waals surface area contributed by atoms with Gasteiger partial charge in [-0.1, -0.05) is 35.9 Å².